The van der Waals surface area contributed by atoms with Crippen molar-refractivity contribution in [1.29, 1.82) is 0 Å². The third-order valence-electron chi connectivity index (χ3n) is 2.98. The van der Waals surface area contributed by atoms with Crippen LogP contribution in [0.2, 0.25) is 0 Å². The van der Waals surface area contributed by atoms with Crippen molar-refractivity contribution in [3.63, 3.8) is 0 Å². The molecule has 0 aromatic heterocycles. The highest BCUT2D eigenvalue weighted by Crippen LogP contribution is 2.08. The van der Waals surface area contributed by atoms with Gasteiger partial charge in [0.15, 0.2) is 0 Å². The predicted octanol–water partition coefficient (Wildman–Crippen LogP) is -0.133. The Balaban J connectivity index is 1.73. The Morgan fingerprint density at radius 2 is 1.79 bits per heavy atom. The summed E-state index contributed by atoms with van der Waals surface area (Å²) in [7, 11) is 2.18. The Bertz CT molecular complexity index is 206. The van der Waals surface area contributed by atoms with E-state index < -0.39 is 0 Å². The summed E-state index contributed by atoms with van der Waals surface area (Å²) in [5.74, 6) is 0. The van der Waals surface area contributed by atoms with Gasteiger partial charge in [0, 0.05) is 26.2 Å². The van der Waals surface area contributed by atoms with Crippen LogP contribution in [0.5, 0.6) is 0 Å². The highest BCUT2D eigenvalue weighted by Gasteiger charge is 2.22. The fourth-order valence-electron chi connectivity index (χ4n) is 2.13. The monoisotopic (exact) mass is 196 g/mol. The van der Waals surface area contributed by atoms with Crippen molar-refractivity contribution in [3.8, 4) is 0 Å². The molecule has 2 aliphatic heterocycles. The lowest BCUT2D eigenvalue weighted by molar-refractivity contribution is 0.150. The van der Waals surface area contributed by atoms with Crippen molar-refractivity contribution >= 4 is 0 Å². The molecule has 0 radical (unpaired) electrons. The molecule has 0 amide bonds. The van der Waals surface area contributed by atoms with Crippen LogP contribution in [0.4, 0.5) is 0 Å². The molecular weight excluding hydrogens is 176 g/mol. The van der Waals surface area contributed by atoms with Gasteiger partial charge in [-0.3, -0.25) is 14.7 Å². The van der Waals surface area contributed by atoms with Crippen LogP contribution in [0.1, 0.15) is 0 Å². The summed E-state index contributed by atoms with van der Waals surface area (Å²) in [6.45, 7) is 11.8. The quantitative estimate of drug-likeness (QED) is 0.623. The van der Waals surface area contributed by atoms with E-state index in [0.717, 1.165) is 26.6 Å². The first-order valence-corrected chi connectivity index (χ1v) is 5.28. The molecule has 14 heavy (non-hydrogen) atoms. The van der Waals surface area contributed by atoms with Gasteiger partial charge in [-0.1, -0.05) is 6.58 Å². The molecule has 2 heterocycles. The van der Waals surface area contributed by atoms with Crippen molar-refractivity contribution in [1.82, 2.24) is 19.6 Å². The van der Waals surface area contributed by atoms with E-state index in [2.05, 4.69) is 33.2 Å². The maximum Gasteiger partial charge on any atom is 0.0712 e. The maximum absolute atomic E-state index is 3.80. The zero-order chi connectivity index (χ0) is 9.97. The van der Waals surface area contributed by atoms with Gasteiger partial charge in [-0.15, -0.1) is 0 Å². The average Bonchev–Trinajstić information content (AvgIpc) is 2.76. The molecule has 2 fully saturated rings. The summed E-state index contributed by atoms with van der Waals surface area (Å²) in [4.78, 5) is 9.59. The van der Waals surface area contributed by atoms with Crippen molar-refractivity contribution in [2.24, 2.45) is 0 Å². The van der Waals surface area contributed by atoms with Crippen LogP contribution in [-0.4, -0.2) is 72.8 Å². The Morgan fingerprint density at radius 1 is 1.07 bits per heavy atom. The smallest absolute Gasteiger partial charge is 0.0712 e. The number of hydrogen-bond donors (Lipinski definition) is 0. The average molecular weight is 196 g/mol. The van der Waals surface area contributed by atoms with Crippen LogP contribution in [0.15, 0.2) is 12.8 Å². The van der Waals surface area contributed by atoms with Crippen LogP contribution < -0.4 is 0 Å². The summed E-state index contributed by atoms with van der Waals surface area (Å²) < 4.78 is 0. The van der Waals surface area contributed by atoms with Gasteiger partial charge in [0.25, 0.3) is 0 Å². The second-order valence-electron chi connectivity index (χ2n) is 4.29. The summed E-state index contributed by atoms with van der Waals surface area (Å²) in [5.41, 5.74) is 0. The van der Waals surface area contributed by atoms with E-state index >= 15 is 0 Å². The third kappa shape index (κ3) is 2.26. The van der Waals surface area contributed by atoms with E-state index in [4.69, 9.17) is 0 Å². The van der Waals surface area contributed by atoms with Crippen molar-refractivity contribution in [2.75, 3.05) is 53.2 Å². The molecule has 0 spiro atoms. The van der Waals surface area contributed by atoms with Gasteiger partial charge in [0.1, 0.15) is 0 Å². The Labute approximate surface area is 86.4 Å². The first kappa shape index (κ1) is 9.96. The minimum Gasteiger partial charge on any atom is -0.364 e. The van der Waals surface area contributed by atoms with Crippen LogP contribution >= 0.6 is 0 Å². The summed E-state index contributed by atoms with van der Waals surface area (Å²) >= 11 is 0. The van der Waals surface area contributed by atoms with Crippen LogP contribution in [0, 0.1) is 0 Å². The molecule has 0 N–H and O–H groups in total. The van der Waals surface area contributed by atoms with Crippen molar-refractivity contribution in [3.05, 3.63) is 12.8 Å². The highest BCUT2D eigenvalue weighted by molar-refractivity contribution is 4.79. The minimum absolute atomic E-state index is 1.05. The van der Waals surface area contributed by atoms with Crippen LogP contribution in [-0.2, 0) is 0 Å². The zero-order valence-electron chi connectivity index (χ0n) is 9.02. The molecule has 4 heteroatoms. The Kier molecular flexibility index (Phi) is 3.05. The number of likely N-dealkylation sites (N-methyl/N-ethyl adjacent to an activating group) is 1. The van der Waals surface area contributed by atoms with Gasteiger partial charge in [-0.2, -0.15) is 0 Å². The van der Waals surface area contributed by atoms with E-state index in [0.29, 0.717) is 0 Å². The molecule has 0 aromatic rings. The molecule has 0 aliphatic carbocycles. The lowest BCUT2D eigenvalue weighted by Gasteiger charge is -2.23. The van der Waals surface area contributed by atoms with E-state index in [-0.39, 0.29) is 0 Å². The summed E-state index contributed by atoms with van der Waals surface area (Å²) in [5, 5.41) is 0. The Hall–Kier alpha value is -0.580. The number of rotatable bonds is 3. The third-order valence-corrected chi connectivity index (χ3v) is 2.98. The lowest BCUT2D eigenvalue weighted by Crippen LogP contribution is -2.36. The van der Waals surface area contributed by atoms with Crippen LogP contribution in [0.3, 0.4) is 0 Å². The van der Waals surface area contributed by atoms with E-state index in [1.165, 1.54) is 19.6 Å². The number of hydrogen-bond acceptors (Lipinski definition) is 4. The number of nitrogens with zero attached hydrogens (tertiary/aromatic N) is 4. The minimum atomic E-state index is 1.05. The second kappa shape index (κ2) is 4.29. The van der Waals surface area contributed by atoms with E-state index in [1.54, 1.807) is 0 Å². The fraction of sp³-hybridized carbons (Fsp3) is 0.800. The first-order chi connectivity index (χ1) is 6.78. The molecule has 2 saturated heterocycles. The SMILES string of the molecule is C=CN1CCN(CN2CCN(C)C2)C1. The van der Waals surface area contributed by atoms with Gasteiger partial charge >= 0.3 is 0 Å². The molecule has 2 aliphatic rings. The van der Waals surface area contributed by atoms with Gasteiger partial charge in [0.2, 0.25) is 0 Å². The first-order valence-electron chi connectivity index (χ1n) is 5.28. The topological polar surface area (TPSA) is 13.0 Å². The van der Waals surface area contributed by atoms with Crippen LogP contribution in [0.25, 0.3) is 0 Å². The second-order valence-corrected chi connectivity index (χ2v) is 4.29. The van der Waals surface area contributed by atoms with Crippen molar-refractivity contribution < 1.29 is 0 Å². The van der Waals surface area contributed by atoms with Gasteiger partial charge in [0.05, 0.1) is 20.0 Å². The van der Waals surface area contributed by atoms with E-state index in [1.807, 2.05) is 6.20 Å². The van der Waals surface area contributed by atoms with Crippen molar-refractivity contribution in [2.45, 2.75) is 0 Å². The van der Waals surface area contributed by atoms with Gasteiger partial charge < -0.3 is 4.90 Å². The molecule has 80 valence electrons. The molecule has 0 unspecified atom stereocenters. The molecule has 0 aromatic carbocycles. The molecule has 0 bridgehead atoms. The highest BCUT2D eigenvalue weighted by atomic mass is 15.5. The molecular formula is C10H20N4. The molecule has 4 nitrogen and oxygen atoms in total. The molecule has 0 atom stereocenters. The van der Waals surface area contributed by atoms with E-state index in [9.17, 15) is 0 Å². The summed E-state index contributed by atoms with van der Waals surface area (Å²) in [6.07, 6.45) is 1.94. The molecule has 2 rings (SSSR count). The predicted molar refractivity (Wildman–Crippen MR) is 57.5 cm³/mol. The zero-order valence-corrected chi connectivity index (χ0v) is 9.02. The normalized spacial score (nSPS) is 26.2. The fourth-order valence-corrected chi connectivity index (χ4v) is 2.13. The largest absolute Gasteiger partial charge is 0.364 e. The molecule has 0 saturated carbocycles. The maximum atomic E-state index is 3.80. The summed E-state index contributed by atoms with van der Waals surface area (Å²) in [6, 6.07) is 0. The Morgan fingerprint density at radius 3 is 2.36 bits per heavy atom. The lowest BCUT2D eigenvalue weighted by atomic mass is 10.6. The standard InChI is InChI=1S/C10H20N4/c1-3-12-6-7-14(9-12)10-13-5-4-11(2)8-13/h3H,1,4-10H2,2H3. The van der Waals surface area contributed by atoms with Gasteiger partial charge in [-0.25, -0.2) is 0 Å². The van der Waals surface area contributed by atoms with Gasteiger partial charge in [-0.05, 0) is 13.2 Å².